The van der Waals surface area contributed by atoms with Gasteiger partial charge in [-0.05, 0) is 73.1 Å². The molecule has 224 valence electrons. The minimum Gasteiger partial charge on any atom is -0.463 e. The van der Waals surface area contributed by atoms with Crippen molar-refractivity contribution in [3.05, 3.63) is 54.1 Å². The molecule has 2 bridgehead atoms. The molecule has 0 radical (unpaired) electrons. The molecule has 6 nitrogen and oxygen atoms in total. The van der Waals surface area contributed by atoms with Gasteiger partial charge in [0.1, 0.15) is 5.78 Å². The molecule has 0 heterocycles. The molecule has 1 N–H and O–H groups in total. The van der Waals surface area contributed by atoms with Crippen molar-refractivity contribution in [1.82, 2.24) is 0 Å². The van der Waals surface area contributed by atoms with Crippen LogP contribution in [-0.2, 0) is 30.0 Å². The molecule has 0 aromatic heterocycles. The SMILES string of the molecule is C=C[C@]1(C)CC[C@@H]2CC[C@]3(CCC(=O)[C@H]3[C@]2(C)COC(=O)COC(=O)/C=C/c2ccc(C(F)(F)F)cc2)[C@@H](C)[C@@H]1O. The summed E-state index contributed by atoms with van der Waals surface area (Å²) < 4.78 is 48.8. The Balaban J connectivity index is 1.41. The van der Waals surface area contributed by atoms with E-state index < -0.39 is 52.6 Å². The molecule has 0 aliphatic heterocycles. The van der Waals surface area contributed by atoms with E-state index in [2.05, 4.69) is 6.58 Å². The molecule has 0 saturated heterocycles. The second-order valence-corrected chi connectivity index (χ2v) is 12.6. The van der Waals surface area contributed by atoms with Gasteiger partial charge < -0.3 is 14.6 Å². The van der Waals surface area contributed by atoms with E-state index in [4.69, 9.17) is 9.47 Å². The van der Waals surface area contributed by atoms with Crippen molar-refractivity contribution in [2.45, 2.75) is 71.6 Å². The largest absolute Gasteiger partial charge is 0.463 e. The van der Waals surface area contributed by atoms with Gasteiger partial charge in [0.15, 0.2) is 6.61 Å². The minimum absolute atomic E-state index is 0.00121. The second-order valence-electron chi connectivity index (χ2n) is 12.6. The van der Waals surface area contributed by atoms with Crippen LogP contribution < -0.4 is 0 Å². The number of Topliss-reactive ketones (excluding diaryl/α,β-unsaturated/α-hetero) is 1. The van der Waals surface area contributed by atoms with Gasteiger partial charge in [0, 0.05) is 29.2 Å². The number of aliphatic hydroxyl groups excluding tert-OH is 1. The molecule has 1 spiro atoms. The maximum atomic E-state index is 13.4. The molecule has 1 aromatic rings. The number of benzene rings is 1. The number of halogens is 3. The topological polar surface area (TPSA) is 89.9 Å². The van der Waals surface area contributed by atoms with E-state index in [9.17, 15) is 32.7 Å². The van der Waals surface area contributed by atoms with Gasteiger partial charge in [0.05, 0.1) is 18.3 Å². The lowest BCUT2D eigenvalue weighted by Crippen LogP contribution is -2.56. The van der Waals surface area contributed by atoms with Crippen LogP contribution in [0.4, 0.5) is 13.2 Å². The summed E-state index contributed by atoms with van der Waals surface area (Å²) in [5.74, 6) is -1.84. The van der Waals surface area contributed by atoms with Crippen LogP contribution in [0.15, 0.2) is 43.0 Å². The van der Waals surface area contributed by atoms with E-state index in [-0.39, 0.29) is 30.1 Å². The number of hydrogen-bond acceptors (Lipinski definition) is 6. The van der Waals surface area contributed by atoms with Gasteiger partial charge in [-0.25, -0.2) is 9.59 Å². The van der Waals surface area contributed by atoms with E-state index in [1.165, 1.54) is 18.2 Å². The van der Waals surface area contributed by atoms with Crippen molar-refractivity contribution in [3.63, 3.8) is 0 Å². The first-order valence-electron chi connectivity index (χ1n) is 14.2. The Morgan fingerprint density at radius 1 is 1.10 bits per heavy atom. The van der Waals surface area contributed by atoms with Crippen LogP contribution in [0.25, 0.3) is 6.08 Å². The molecular formula is C32H39F3O6. The number of rotatable bonds is 7. The number of esters is 2. The first-order valence-corrected chi connectivity index (χ1v) is 14.2. The second kappa shape index (κ2) is 11.4. The molecular weight excluding hydrogens is 537 g/mol. The third-order valence-electron chi connectivity index (χ3n) is 10.4. The predicted molar refractivity (Wildman–Crippen MR) is 146 cm³/mol. The van der Waals surface area contributed by atoms with Crippen LogP contribution in [0.1, 0.15) is 70.4 Å². The molecule has 5 rings (SSSR count). The van der Waals surface area contributed by atoms with Crippen molar-refractivity contribution in [2.24, 2.45) is 34.0 Å². The lowest BCUT2D eigenvalue weighted by molar-refractivity contribution is -0.171. The van der Waals surface area contributed by atoms with Gasteiger partial charge in [-0.1, -0.05) is 39.0 Å². The number of ketones is 1. The Bertz CT molecular complexity index is 1210. The van der Waals surface area contributed by atoms with E-state index in [1.54, 1.807) is 0 Å². The highest BCUT2D eigenvalue weighted by Gasteiger charge is 2.65. The number of alkyl halides is 3. The number of hydrogen-bond donors (Lipinski definition) is 1. The number of carbonyl (C=O) groups is 3. The number of fused-ring (bicyclic) bond motifs is 5. The van der Waals surface area contributed by atoms with Gasteiger partial charge in [-0.2, -0.15) is 13.2 Å². The summed E-state index contributed by atoms with van der Waals surface area (Å²) in [5.41, 5.74) is -1.95. The monoisotopic (exact) mass is 576 g/mol. The summed E-state index contributed by atoms with van der Waals surface area (Å²) in [6.07, 6.45) is 3.35. The molecule has 4 fully saturated rings. The third kappa shape index (κ3) is 5.87. The van der Waals surface area contributed by atoms with E-state index in [1.807, 2.05) is 26.8 Å². The van der Waals surface area contributed by atoms with Gasteiger partial charge in [0.2, 0.25) is 0 Å². The van der Waals surface area contributed by atoms with Crippen LogP contribution in [0, 0.1) is 34.0 Å². The van der Waals surface area contributed by atoms with Crippen LogP contribution in [0.5, 0.6) is 0 Å². The summed E-state index contributed by atoms with van der Waals surface area (Å²) >= 11 is 0. The van der Waals surface area contributed by atoms with Crippen LogP contribution in [0.3, 0.4) is 0 Å². The Hall–Kier alpha value is -2.94. The number of carbonyl (C=O) groups excluding carboxylic acids is 3. The Morgan fingerprint density at radius 2 is 1.76 bits per heavy atom. The van der Waals surface area contributed by atoms with Gasteiger partial charge >= 0.3 is 18.1 Å². The van der Waals surface area contributed by atoms with E-state index >= 15 is 0 Å². The predicted octanol–water partition coefficient (Wildman–Crippen LogP) is 6.17. The van der Waals surface area contributed by atoms with Gasteiger partial charge in [0.25, 0.3) is 0 Å². The number of ether oxygens (including phenoxy) is 2. The lowest BCUT2D eigenvalue weighted by Gasteiger charge is -2.55. The summed E-state index contributed by atoms with van der Waals surface area (Å²) in [4.78, 5) is 38.2. The molecule has 4 aliphatic carbocycles. The first kappa shape index (κ1) is 31.0. The average molecular weight is 577 g/mol. The summed E-state index contributed by atoms with van der Waals surface area (Å²) in [7, 11) is 0. The Kier molecular flexibility index (Phi) is 8.61. The zero-order valence-electron chi connectivity index (χ0n) is 23.8. The molecule has 0 unspecified atom stereocenters. The molecule has 9 heteroatoms. The zero-order valence-corrected chi connectivity index (χ0v) is 23.8. The molecule has 7 atom stereocenters. The highest BCUT2D eigenvalue weighted by molar-refractivity contribution is 5.88. The van der Waals surface area contributed by atoms with Crippen LogP contribution in [0.2, 0.25) is 0 Å². The quantitative estimate of drug-likeness (QED) is 0.237. The van der Waals surface area contributed by atoms with E-state index in [0.29, 0.717) is 24.8 Å². The van der Waals surface area contributed by atoms with Gasteiger partial charge in [-0.3, -0.25) is 4.79 Å². The summed E-state index contributed by atoms with van der Waals surface area (Å²) in [6.45, 7) is 9.44. The fraction of sp³-hybridized carbons (Fsp3) is 0.594. The zero-order chi connectivity index (χ0) is 30.2. The van der Waals surface area contributed by atoms with Crippen molar-refractivity contribution in [1.29, 1.82) is 0 Å². The fourth-order valence-corrected chi connectivity index (χ4v) is 7.81. The first-order chi connectivity index (χ1) is 19.2. The van der Waals surface area contributed by atoms with Crippen molar-refractivity contribution < 1.29 is 42.1 Å². The average Bonchev–Trinajstić information content (AvgIpc) is 3.31. The van der Waals surface area contributed by atoms with E-state index in [0.717, 1.165) is 37.5 Å². The smallest absolute Gasteiger partial charge is 0.416 e. The Morgan fingerprint density at radius 3 is 2.39 bits per heavy atom. The highest BCUT2D eigenvalue weighted by Crippen LogP contribution is 2.66. The van der Waals surface area contributed by atoms with Crippen LogP contribution >= 0.6 is 0 Å². The normalized spacial score (nSPS) is 35.3. The molecule has 0 amide bonds. The lowest BCUT2D eigenvalue weighted by atomic mass is 9.48. The minimum atomic E-state index is -4.45. The van der Waals surface area contributed by atoms with Crippen molar-refractivity contribution in [2.75, 3.05) is 13.2 Å². The molecule has 1 aromatic carbocycles. The molecule has 4 saturated carbocycles. The third-order valence-corrected chi connectivity index (χ3v) is 10.4. The maximum Gasteiger partial charge on any atom is 0.416 e. The summed E-state index contributed by atoms with van der Waals surface area (Å²) in [5, 5.41) is 11.5. The highest BCUT2D eigenvalue weighted by atomic mass is 19.4. The van der Waals surface area contributed by atoms with Crippen molar-refractivity contribution >= 4 is 23.8 Å². The molecule has 4 aliphatic rings. The standard InChI is InChI=1S/C32H39F3O6/c1-5-29(3)15-12-22-13-16-31(20(2)28(29)39)17-14-24(36)27(31)30(22,4)19-41-26(38)18-40-25(37)11-8-21-6-9-23(10-7-21)32(33,34)35/h5-11,20,22,27-28,39H,1,12-19H2,2-4H3/b11-8+/t20-,22+,27-,28-,29+,30+,31-/m0/s1. The maximum absolute atomic E-state index is 13.4. The van der Waals surface area contributed by atoms with Gasteiger partial charge in [-0.15, -0.1) is 6.58 Å². The van der Waals surface area contributed by atoms with Crippen molar-refractivity contribution in [3.8, 4) is 0 Å². The summed E-state index contributed by atoms with van der Waals surface area (Å²) in [6, 6.07) is 4.26. The Labute approximate surface area is 239 Å². The molecule has 41 heavy (non-hydrogen) atoms. The fourth-order valence-electron chi connectivity index (χ4n) is 7.81. The number of aliphatic hydroxyl groups is 1. The van der Waals surface area contributed by atoms with Crippen LogP contribution in [-0.4, -0.2) is 42.1 Å².